The summed E-state index contributed by atoms with van der Waals surface area (Å²) in [6.45, 7) is -0.251. The lowest BCUT2D eigenvalue weighted by Crippen LogP contribution is -2.38. The third-order valence-corrected chi connectivity index (χ3v) is 9.35. The van der Waals surface area contributed by atoms with Crippen LogP contribution in [0.3, 0.4) is 0 Å². The highest BCUT2D eigenvalue weighted by Crippen LogP contribution is 2.37. The van der Waals surface area contributed by atoms with E-state index in [1.54, 1.807) is 91.0 Å². The molecule has 2 unspecified atom stereocenters. The van der Waals surface area contributed by atoms with E-state index in [9.17, 15) is 18.0 Å². The quantitative estimate of drug-likeness (QED) is 0.178. The molecule has 44 heavy (non-hydrogen) atoms. The zero-order chi connectivity index (χ0) is 31.5. The van der Waals surface area contributed by atoms with Gasteiger partial charge in [-0.15, -0.1) is 0 Å². The summed E-state index contributed by atoms with van der Waals surface area (Å²) in [5.74, 6) is -2.04. The molecule has 1 aliphatic rings. The van der Waals surface area contributed by atoms with Crippen molar-refractivity contribution >= 4 is 21.8 Å². The maximum Gasteiger partial charge on any atom is 0.338 e. The number of ether oxygens (including phenoxy) is 6. The number of methoxy groups -OCH3 is 3. The van der Waals surface area contributed by atoms with Gasteiger partial charge >= 0.3 is 11.9 Å². The molecular formula is C33H38O10S. The van der Waals surface area contributed by atoms with Gasteiger partial charge in [-0.3, -0.25) is 0 Å². The molecule has 0 spiro atoms. The van der Waals surface area contributed by atoms with Crippen molar-refractivity contribution in [2.75, 3.05) is 33.7 Å². The minimum absolute atomic E-state index is 0.0716. The largest absolute Gasteiger partial charge is 0.458 e. The highest BCUT2D eigenvalue weighted by Gasteiger charge is 2.48. The average Bonchev–Trinajstić information content (AvgIpc) is 3.37. The molecule has 1 saturated heterocycles. The maximum absolute atomic E-state index is 13.5. The Morgan fingerprint density at radius 3 is 1.84 bits per heavy atom. The van der Waals surface area contributed by atoms with E-state index in [4.69, 9.17) is 28.4 Å². The average molecular weight is 627 g/mol. The smallest absolute Gasteiger partial charge is 0.338 e. The van der Waals surface area contributed by atoms with Crippen LogP contribution in [0.25, 0.3) is 0 Å². The van der Waals surface area contributed by atoms with Gasteiger partial charge in [0, 0.05) is 40.1 Å². The first kappa shape index (κ1) is 33.3. The molecule has 3 aromatic carbocycles. The Kier molecular flexibility index (Phi) is 12.0. The molecule has 5 atom stereocenters. The Morgan fingerprint density at radius 2 is 1.30 bits per heavy atom. The number of benzene rings is 3. The van der Waals surface area contributed by atoms with Crippen LogP contribution in [-0.4, -0.2) is 84.8 Å². The summed E-state index contributed by atoms with van der Waals surface area (Å²) in [7, 11) is 0.739. The molecule has 1 fully saturated rings. The summed E-state index contributed by atoms with van der Waals surface area (Å²) < 4.78 is 61.4. The Hall–Kier alpha value is -3.61. The second-order valence-corrected chi connectivity index (χ2v) is 12.4. The van der Waals surface area contributed by atoms with Crippen LogP contribution in [0.1, 0.15) is 33.6 Å². The highest BCUT2D eigenvalue weighted by atomic mass is 32.2. The minimum Gasteiger partial charge on any atom is -0.458 e. The lowest BCUT2D eigenvalue weighted by Gasteiger charge is -2.26. The summed E-state index contributed by atoms with van der Waals surface area (Å²) in [6, 6.07) is 25.1. The molecule has 0 aromatic heterocycles. The van der Waals surface area contributed by atoms with Crippen molar-refractivity contribution in [2.45, 2.75) is 48.4 Å². The Labute approximate surface area is 258 Å². The van der Waals surface area contributed by atoms with E-state index in [1.165, 1.54) is 21.3 Å². The van der Waals surface area contributed by atoms with Gasteiger partial charge in [0.1, 0.15) is 12.7 Å². The van der Waals surface area contributed by atoms with Crippen LogP contribution in [0.4, 0.5) is 0 Å². The van der Waals surface area contributed by atoms with Crippen molar-refractivity contribution in [3.05, 3.63) is 102 Å². The first-order valence-corrected chi connectivity index (χ1v) is 15.9. The van der Waals surface area contributed by atoms with Crippen molar-refractivity contribution in [2.24, 2.45) is 5.92 Å². The molecule has 0 saturated carbocycles. The van der Waals surface area contributed by atoms with Gasteiger partial charge in [-0.2, -0.15) is 0 Å². The van der Waals surface area contributed by atoms with E-state index in [0.717, 1.165) is 0 Å². The predicted molar refractivity (Wildman–Crippen MR) is 161 cm³/mol. The maximum atomic E-state index is 13.5. The molecule has 0 amide bonds. The number of rotatable bonds is 15. The third-order valence-electron chi connectivity index (χ3n) is 7.54. The van der Waals surface area contributed by atoms with Crippen LogP contribution in [-0.2, 0) is 38.3 Å². The van der Waals surface area contributed by atoms with Crippen LogP contribution in [0.15, 0.2) is 95.9 Å². The van der Waals surface area contributed by atoms with Gasteiger partial charge < -0.3 is 28.4 Å². The number of carbonyl (C=O) groups excluding carboxylic acids is 2. The summed E-state index contributed by atoms with van der Waals surface area (Å²) in [5.41, 5.74) is 0.680. The molecule has 1 heterocycles. The van der Waals surface area contributed by atoms with Gasteiger partial charge in [0.05, 0.1) is 40.1 Å². The van der Waals surface area contributed by atoms with Crippen molar-refractivity contribution in [1.29, 1.82) is 0 Å². The zero-order valence-corrected chi connectivity index (χ0v) is 25.8. The van der Waals surface area contributed by atoms with E-state index >= 15 is 0 Å². The van der Waals surface area contributed by atoms with Crippen molar-refractivity contribution in [3.63, 3.8) is 0 Å². The Balaban J connectivity index is 1.58. The number of carbonyl (C=O) groups is 2. The van der Waals surface area contributed by atoms with Gasteiger partial charge in [0.25, 0.3) is 0 Å². The highest BCUT2D eigenvalue weighted by molar-refractivity contribution is 7.91. The van der Waals surface area contributed by atoms with Crippen LogP contribution >= 0.6 is 0 Å². The van der Waals surface area contributed by atoms with Gasteiger partial charge in [-0.05, 0) is 36.4 Å². The standard InChI is InChI=1S/C33H38O10S/c1-38-30(39-2)20-28-27(22-44(36,37)26-17-11-6-12-18-26)31(40-3)29(43-28)19-25(42-33(35)24-15-9-5-10-16-24)21-41-32(34)23-13-7-4-8-14-23/h4-18,25,27-31H,19-22H2,1-3H3/t25?,27?,28-,29+,31+/m0/s1. The summed E-state index contributed by atoms with van der Waals surface area (Å²) in [6.07, 6.45) is -3.32. The molecular weight excluding hydrogens is 588 g/mol. The number of sulfone groups is 1. The van der Waals surface area contributed by atoms with Crippen molar-refractivity contribution in [3.8, 4) is 0 Å². The molecule has 236 valence electrons. The first-order chi connectivity index (χ1) is 21.2. The molecule has 11 heteroatoms. The fraction of sp³-hybridized carbons (Fsp3) is 0.394. The second-order valence-electron chi connectivity index (χ2n) is 10.4. The van der Waals surface area contributed by atoms with E-state index < -0.39 is 58.4 Å². The zero-order valence-electron chi connectivity index (χ0n) is 24.9. The second kappa shape index (κ2) is 15.9. The molecule has 0 aliphatic carbocycles. The van der Waals surface area contributed by atoms with Crippen LogP contribution in [0.2, 0.25) is 0 Å². The van der Waals surface area contributed by atoms with Gasteiger partial charge in [-0.1, -0.05) is 54.6 Å². The van der Waals surface area contributed by atoms with Gasteiger partial charge in [0.2, 0.25) is 0 Å². The number of hydrogen-bond donors (Lipinski definition) is 0. The van der Waals surface area contributed by atoms with E-state index in [-0.39, 0.29) is 30.1 Å². The molecule has 10 nitrogen and oxygen atoms in total. The molecule has 0 bridgehead atoms. The lowest BCUT2D eigenvalue weighted by atomic mass is 9.94. The molecule has 3 aromatic rings. The van der Waals surface area contributed by atoms with Crippen molar-refractivity contribution in [1.82, 2.24) is 0 Å². The molecule has 1 aliphatic heterocycles. The topological polar surface area (TPSA) is 124 Å². The van der Waals surface area contributed by atoms with Crippen LogP contribution < -0.4 is 0 Å². The SMILES string of the molecule is COC(C[C@@H]1O[C@H](CC(COC(=O)c2ccccc2)OC(=O)c2ccccc2)[C@H](OC)C1CS(=O)(=O)c1ccccc1)OC. The number of esters is 2. The Morgan fingerprint density at radius 1 is 0.750 bits per heavy atom. The molecule has 0 N–H and O–H groups in total. The van der Waals surface area contributed by atoms with Gasteiger partial charge in [-0.25, -0.2) is 18.0 Å². The molecule has 4 rings (SSSR count). The first-order valence-electron chi connectivity index (χ1n) is 14.3. The predicted octanol–water partition coefficient (Wildman–Crippen LogP) is 4.34. The molecule has 0 radical (unpaired) electrons. The fourth-order valence-electron chi connectivity index (χ4n) is 5.32. The Bertz CT molecular complexity index is 1430. The van der Waals surface area contributed by atoms with E-state index in [1.807, 2.05) is 0 Å². The van der Waals surface area contributed by atoms with Crippen LogP contribution in [0.5, 0.6) is 0 Å². The van der Waals surface area contributed by atoms with E-state index in [2.05, 4.69) is 0 Å². The van der Waals surface area contributed by atoms with Crippen LogP contribution in [0, 0.1) is 5.92 Å². The van der Waals surface area contributed by atoms with E-state index in [0.29, 0.717) is 11.1 Å². The summed E-state index contributed by atoms with van der Waals surface area (Å²) in [5, 5.41) is 0. The summed E-state index contributed by atoms with van der Waals surface area (Å²) >= 11 is 0. The monoisotopic (exact) mass is 626 g/mol. The fourth-order valence-corrected chi connectivity index (χ4v) is 7.00. The van der Waals surface area contributed by atoms with Crippen molar-refractivity contribution < 1.29 is 46.4 Å². The normalized spacial score (nSPS) is 20.7. The third kappa shape index (κ3) is 8.73. The minimum atomic E-state index is -3.72. The summed E-state index contributed by atoms with van der Waals surface area (Å²) in [4.78, 5) is 26.0. The van der Waals surface area contributed by atoms with Gasteiger partial charge in [0.15, 0.2) is 16.1 Å². The number of hydrogen-bond acceptors (Lipinski definition) is 10. The lowest BCUT2D eigenvalue weighted by molar-refractivity contribution is -0.133.